The van der Waals surface area contributed by atoms with E-state index in [0.29, 0.717) is 12.3 Å². The summed E-state index contributed by atoms with van der Waals surface area (Å²) in [7, 11) is 0. The maximum absolute atomic E-state index is 12.4. The molecule has 0 unspecified atom stereocenters. The predicted molar refractivity (Wildman–Crippen MR) is 95.1 cm³/mol. The molecule has 2 heterocycles. The molecule has 22 heavy (non-hydrogen) atoms. The smallest absolute Gasteiger partial charge is 0.223 e. The molecule has 1 aromatic carbocycles. The first-order valence-corrected chi connectivity index (χ1v) is 9.87. The van der Waals surface area contributed by atoms with E-state index in [1.54, 1.807) is 11.8 Å². The summed E-state index contributed by atoms with van der Waals surface area (Å²) >= 11 is 5.31. The molecule has 0 saturated carbocycles. The molecule has 120 valence electrons. The summed E-state index contributed by atoms with van der Waals surface area (Å²) in [6.45, 7) is 4.18. The van der Waals surface area contributed by atoms with Crippen molar-refractivity contribution in [3.63, 3.8) is 0 Å². The summed E-state index contributed by atoms with van der Waals surface area (Å²) in [5.41, 5.74) is 0. The average Bonchev–Trinajstić information content (AvgIpc) is 2.87. The van der Waals surface area contributed by atoms with Crippen molar-refractivity contribution in [2.24, 2.45) is 11.8 Å². The van der Waals surface area contributed by atoms with Crippen molar-refractivity contribution < 1.29 is 4.79 Å². The summed E-state index contributed by atoms with van der Waals surface area (Å²) in [5.74, 6) is 2.75. The van der Waals surface area contributed by atoms with Crippen molar-refractivity contribution in [1.29, 1.82) is 0 Å². The molecule has 3 rings (SSSR count). The van der Waals surface area contributed by atoms with E-state index in [2.05, 4.69) is 32.2 Å². The Kier molecular flexibility index (Phi) is 5.83. The molecule has 0 spiro atoms. The van der Waals surface area contributed by atoms with Gasteiger partial charge in [0, 0.05) is 34.6 Å². The molecule has 2 atom stereocenters. The molecule has 1 N–H and O–H groups in total. The molecule has 2 aliphatic heterocycles. The molecule has 0 aliphatic carbocycles. The van der Waals surface area contributed by atoms with Gasteiger partial charge in [0.15, 0.2) is 0 Å². The van der Waals surface area contributed by atoms with Gasteiger partial charge in [0.1, 0.15) is 0 Å². The second kappa shape index (κ2) is 7.84. The highest BCUT2D eigenvalue weighted by molar-refractivity contribution is 9.10. The third-order valence-corrected chi connectivity index (χ3v) is 6.81. The van der Waals surface area contributed by atoms with Crippen molar-refractivity contribution in [3.8, 4) is 0 Å². The zero-order chi connectivity index (χ0) is 15.4. The normalized spacial score (nSPS) is 24.9. The summed E-state index contributed by atoms with van der Waals surface area (Å²) in [5, 5.41) is 3.48. The van der Waals surface area contributed by atoms with Crippen LogP contribution >= 0.6 is 27.7 Å². The average molecular weight is 383 g/mol. The Morgan fingerprint density at radius 1 is 1.23 bits per heavy atom. The lowest BCUT2D eigenvalue weighted by Crippen LogP contribution is -2.32. The lowest BCUT2D eigenvalue weighted by molar-refractivity contribution is -0.130. The molecule has 0 bridgehead atoms. The number of rotatable bonds is 4. The van der Waals surface area contributed by atoms with Crippen molar-refractivity contribution in [2.45, 2.75) is 24.2 Å². The van der Waals surface area contributed by atoms with E-state index in [4.69, 9.17) is 0 Å². The first-order valence-electron chi connectivity index (χ1n) is 8.10. The molecular formula is C17H23BrN2OS. The van der Waals surface area contributed by atoms with Gasteiger partial charge in [-0.05, 0) is 65.8 Å². The molecule has 0 aromatic heterocycles. The van der Waals surface area contributed by atoms with Gasteiger partial charge in [-0.1, -0.05) is 12.1 Å². The monoisotopic (exact) mass is 382 g/mol. The van der Waals surface area contributed by atoms with E-state index >= 15 is 0 Å². The summed E-state index contributed by atoms with van der Waals surface area (Å²) in [6, 6.07) is 8.20. The lowest BCUT2D eigenvalue weighted by atomic mass is 9.92. The van der Waals surface area contributed by atoms with E-state index in [1.807, 2.05) is 18.2 Å². The van der Waals surface area contributed by atoms with Crippen LogP contribution in [0.15, 0.2) is 33.6 Å². The molecule has 1 amide bonds. The van der Waals surface area contributed by atoms with E-state index in [9.17, 15) is 4.79 Å². The lowest BCUT2D eigenvalue weighted by Gasteiger charge is -2.21. The fourth-order valence-electron chi connectivity index (χ4n) is 3.44. The van der Waals surface area contributed by atoms with Crippen LogP contribution < -0.4 is 5.32 Å². The minimum atomic E-state index is 0.326. The molecule has 0 radical (unpaired) electrons. The Morgan fingerprint density at radius 3 is 2.59 bits per heavy atom. The van der Waals surface area contributed by atoms with Crippen LogP contribution in [-0.4, -0.2) is 42.7 Å². The van der Waals surface area contributed by atoms with Gasteiger partial charge in [0.25, 0.3) is 0 Å². The molecule has 2 aliphatic rings. The van der Waals surface area contributed by atoms with E-state index in [-0.39, 0.29) is 0 Å². The fourth-order valence-corrected chi connectivity index (χ4v) is 4.94. The van der Waals surface area contributed by atoms with Crippen molar-refractivity contribution in [2.75, 3.05) is 31.9 Å². The zero-order valence-electron chi connectivity index (χ0n) is 12.8. The Balaban J connectivity index is 1.45. The van der Waals surface area contributed by atoms with Crippen LogP contribution in [-0.2, 0) is 4.79 Å². The number of hydrogen-bond donors (Lipinski definition) is 1. The molecule has 1 aromatic rings. The Bertz CT molecular complexity index is 511. The number of halogens is 1. The number of hydrogen-bond acceptors (Lipinski definition) is 3. The van der Waals surface area contributed by atoms with Gasteiger partial charge in [-0.2, -0.15) is 0 Å². The van der Waals surface area contributed by atoms with Crippen LogP contribution in [0.2, 0.25) is 0 Å². The number of fused-ring (bicyclic) bond motifs is 1. The number of nitrogens with zero attached hydrogens (tertiary/aromatic N) is 1. The molecule has 2 saturated heterocycles. The van der Waals surface area contributed by atoms with Crippen LogP contribution in [0.25, 0.3) is 0 Å². The second-order valence-corrected chi connectivity index (χ2v) is 8.16. The molecule has 3 nitrogen and oxygen atoms in total. The Hall–Kier alpha value is -0.520. The van der Waals surface area contributed by atoms with Gasteiger partial charge in [0.05, 0.1) is 0 Å². The first kappa shape index (κ1) is 16.3. The number of likely N-dealkylation sites (tertiary alicyclic amines) is 1. The highest BCUT2D eigenvalue weighted by Gasteiger charge is 2.31. The Morgan fingerprint density at radius 2 is 1.91 bits per heavy atom. The second-order valence-electron chi connectivity index (χ2n) is 6.17. The van der Waals surface area contributed by atoms with Crippen molar-refractivity contribution in [1.82, 2.24) is 10.2 Å². The number of carbonyl (C=O) groups excluding carboxylic acids is 1. The van der Waals surface area contributed by atoms with Crippen molar-refractivity contribution >= 4 is 33.6 Å². The van der Waals surface area contributed by atoms with Gasteiger partial charge >= 0.3 is 0 Å². The molecule has 2 fully saturated rings. The number of amides is 1. The number of thioether (sulfide) groups is 1. The van der Waals surface area contributed by atoms with Crippen LogP contribution in [0.1, 0.15) is 19.3 Å². The third-order valence-electron chi connectivity index (χ3n) is 4.78. The van der Waals surface area contributed by atoms with Gasteiger partial charge in [-0.15, -0.1) is 11.8 Å². The number of carbonyl (C=O) groups is 1. The van der Waals surface area contributed by atoms with E-state index in [1.165, 1.54) is 17.7 Å². The van der Waals surface area contributed by atoms with E-state index < -0.39 is 0 Å². The first-order chi connectivity index (χ1) is 10.7. The van der Waals surface area contributed by atoms with E-state index in [0.717, 1.165) is 48.2 Å². The van der Waals surface area contributed by atoms with Crippen LogP contribution in [0.4, 0.5) is 0 Å². The standard InChI is InChI=1S/C17H23BrN2OS/c18-15-3-1-2-4-16(15)22-10-7-17(21)20-8-5-13-11-19-12-14(13)6-9-20/h1-4,13-14,19H,5-12H2/t13-,14+. The zero-order valence-corrected chi connectivity index (χ0v) is 15.2. The van der Waals surface area contributed by atoms with Gasteiger partial charge in [-0.3, -0.25) is 4.79 Å². The van der Waals surface area contributed by atoms with Crippen LogP contribution in [0.3, 0.4) is 0 Å². The molecular weight excluding hydrogens is 360 g/mol. The summed E-state index contributed by atoms with van der Waals surface area (Å²) in [4.78, 5) is 15.7. The topological polar surface area (TPSA) is 32.3 Å². The summed E-state index contributed by atoms with van der Waals surface area (Å²) < 4.78 is 1.11. The van der Waals surface area contributed by atoms with Gasteiger partial charge < -0.3 is 10.2 Å². The third kappa shape index (κ3) is 4.06. The summed E-state index contributed by atoms with van der Waals surface area (Å²) in [6.07, 6.45) is 2.97. The maximum atomic E-state index is 12.4. The highest BCUT2D eigenvalue weighted by Crippen LogP contribution is 2.29. The van der Waals surface area contributed by atoms with Crippen molar-refractivity contribution in [3.05, 3.63) is 28.7 Å². The van der Waals surface area contributed by atoms with Crippen LogP contribution in [0, 0.1) is 11.8 Å². The fraction of sp³-hybridized carbons (Fsp3) is 0.588. The number of nitrogens with one attached hydrogen (secondary N) is 1. The molecule has 5 heteroatoms. The minimum Gasteiger partial charge on any atom is -0.343 e. The van der Waals surface area contributed by atoms with Gasteiger partial charge in [0.2, 0.25) is 5.91 Å². The SMILES string of the molecule is O=C(CCSc1ccccc1Br)N1CC[C@@H]2CNC[C@@H]2CC1. The van der Waals surface area contributed by atoms with Crippen LogP contribution in [0.5, 0.6) is 0 Å². The number of benzene rings is 1. The largest absolute Gasteiger partial charge is 0.343 e. The van der Waals surface area contributed by atoms with Gasteiger partial charge in [-0.25, -0.2) is 0 Å². The predicted octanol–water partition coefficient (Wildman–Crippen LogP) is 3.39. The maximum Gasteiger partial charge on any atom is 0.223 e. The minimum absolute atomic E-state index is 0.326. The Labute approximate surface area is 145 Å². The quantitative estimate of drug-likeness (QED) is 0.809. The highest BCUT2D eigenvalue weighted by atomic mass is 79.9.